The molecule has 0 aliphatic rings. The molecular formula is C13H12N2S. The van der Waals surface area contributed by atoms with Crippen LogP contribution >= 0.6 is 11.3 Å². The van der Waals surface area contributed by atoms with E-state index in [4.69, 9.17) is 5.26 Å². The Labute approximate surface area is 99.2 Å². The molecular weight excluding hydrogens is 216 g/mol. The van der Waals surface area contributed by atoms with E-state index in [1.165, 1.54) is 10.4 Å². The van der Waals surface area contributed by atoms with Crippen molar-refractivity contribution in [2.75, 3.05) is 5.32 Å². The summed E-state index contributed by atoms with van der Waals surface area (Å²) in [5.74, 6) is 0. The minimum atomic E-state index is 0.741. The molecule has 2 rings (SSSR count). The van der Waals surface area contributed by atoms with Gasteiger partial charge >= 0.3 is 0 Å². The van der Waals surface area contributed by atoms with Crippen LogP contribution in [0.1, 0.15) is 16.0 Å². The van der Waals surface area contributed by atoms with Gasteiger partial charge in [0.25, 0.3) is 0 Å². The third kappa shape index (κ3) is 2.62. The zero-order chi connectivity index (χ0) is 11.4. The van der Waals surface area contributed by atoms with Crippen molar-refractivity contribution < 1.29 is 0 Å². The first-order valence-electron chi connectivity index (χ1n) is 5.06. The van der Waals surface area contributed by atoms with Gasteiger partial charge in [0.05, 0.1) is 5.56 Å². The molecule has 1 heterocycles. The largest absolute Gasteiger partial charge is 0.380 e. The Morgan fingerprint density at radius 3 is 2.69 bits per heavy atom. The van der Waals surface area contributed by atoms with Gasteiger partial charge in [0.2, 0.25) is 0 Å². The van der Waals surface area contributed by atoms with Crippen LogP contribution in [0.3, 0.4) is 0 Å². The minimum absolute atomic E-state index is 0.741. The highest BCUT2D eigenvalue weighted by Gasteiger charge is 1.98. The first-order valence-corrected chi connectivity index (χ1v) is 5.94. The summed E-state index contributed by atoms with van der Waals surface area (Å²) in [6.45, 7) is 2.84. The molecule has 2 aromatic rings. The van der Waals surface area contributed by atoms with Crippen LogP contribution in [0, 0.1) is 18.3 Å². The van der Waals surface area contributed by atoms with Gasteiger partial charge in [-0.05, 0) is 25.1 Å². The van der Waals surface area contributed by atoms with Crippen LogP contribution in [0.5, 0.6) is 0 Å². The van der Waals surface area contributed by atoms with Gasteiger partial charge in [0.15, 0.2) is 0 Å². The smallest absolute Gasteiger partial charge is 0.100 e. The van der Waals surface area contributed by atoms with E-state index in [-0.39, 0.29) is 0 Å². The summed E-state index contributed by atoms with van der Waals surface area (Å²) in [5, 5.41) is 13.9. The van der Waals surface area contributed by atoms with E-state index in [9.17, 15) is 0 Å². The maximum absolute atomic E-state index is 8.70. The molecule has 0 saturated carbocycles. The Morgan fingerprint density at radius 2 is 2.06 bits per heavy atom. The Kier molecular flexibility index (Phi) is 3.23. The molecule has 0 amide bonds. The summed E-state index contributed by atoms with van der Waals surface area (Å²) in [6.07, 6.45) is 0. The van der Waals surface area contributed by atoms with Gasteiger partial charge in [-0.1, -0.05) is 17.7 Å². The van der Waals surface area contributed by atoms with Crippen LogP contribution in [-0.4, -0.2) is 0 Å². The van der Waals surface area contributed by atoms with Crippen LogP contribution in [0.2, 0.25) is 0 Å². The zero-order valence-electron chi connectivity index (χ0n) is 9.03. The van der Waals surface area contributed by atoms with Crippen molar-refractivity contribution in [1.82, 2.24) is 0 Å². The second kappa shape index (κ2) is 4.82. The van der Waals surface area contributed by atoms with Crippen molar-refractivity contribution in [3.8, 4) is 6.07 Å². The monoisotopic (exact) mass is 228 g/mol. The molecule has 0 radical (unpaired) electrons. The predicted octanol–water partition coefficient (Wildman–Crippen LogP) is 3.54. The number of nitrogens with zero attached hydrogens (tertiary/aromatic N) is 1. The van der Waals surface area contributed by atoms with Crippen LogP contribution in [0.4, 0.5) is 5.69 Å². The molecule has 3 heteroatoms. The summed E-state index contributed by atoms with van der Waals surface area (Å²) in [4.78, 5) is 1.18. The van der Waals surface area contributed by atoms with E-state index in [2.05, 4.69) is 42.6 Å². The van der Waals surface area contributed by atoms with E-state index in [1.807, 2.05) is 11.4 Å². The third-order valence-electron chi connectivity index (χ3n) is 2.30. The number of thiophene rings is 1. The number of rotatable bonds is 3. The summed E-state index contributed by atoms with van der Waals surface area (Å²) in [7, 11) is 0. The number of nitriles is 1. The molecule has 16 heavy (non-hydrogen) atoms. The van der Waals surface area contributed by atoms with E-state index in [1.54, 1.807) is 11.3 Å². The average molecular weight is 228 g/mol. The van der Waals surface area contributed by atoms with Crippen molar-refractivity contribution in [3.05, 3.63) is 51.7 Å². The van der Waals surface area contributed by atoms with Gasteiger partial charge in [0, 0.05) is 22.5 Å². The second-order valence-corrected chi connectivity index (χ2v) is 4.63. The van der Waals surface area contributed by atoms with Crippen molar-refractivity contribution in [3.63, 3.8) is 0 Å². The summed E-state index contributed by atoms with van der Waals surface area (Å²) >= 11 is 1.61. The van der Waals surface area contributed by atoms with Gasteiger partial charge in [-0.3, -0.25) is 0 Å². The number of aryl methyl sites for hydroxylation is 1. The van der Waals surface area contributed by atoms with Crippen LogP contribution in [0.25, 0.3) is 0 Å². The number of benzene rings is 1. The van der Waals surface area contributed by atoms with Gasteiger partial charge < -0.3 is 5.32 Å². The molecule has 0 fully saturated rings. The number of nitrogens with one attached hydrogen (secondary N) is 1. The highest BCUT2D eigenvalue weighted by atomic mass is 32.1. The van der Waals surface area contributed by atoms with Crippen molar-refractivity contribution in [2.24, 2.45) is 0 Å². The quantitative estimate of drug-likeness (QED) is 0.872. The van der Waals surface area contributed by atoms with E-state index >= 15 is 0 Å². The van der Waals surface area contributed by atoms with Crippen LogP contribution in [0.15, 0.2) is 35.7 Å². The van der Waals surface area contributed by atoms with Gasteiger partial charge in [0.1, 0.15) is 6.07 Å². The van der Waals surface area contributed by atoms with E-state index < -0.39 is 0 Å². The molecule has 0 aliphatic carbocycles. The first-order chi connectivity index (χ1) is 7.78. The number of hydrogen-bond acceptors (Lipinski definition) is 3. The molecule has 80 valence electrons. The highest BCUT2D eigenvalue weighted by Crippen LogP contribution is 2.16. The summed E-state index contributed by atoms with van der Waals surface area (Å²) in [5.41, 5.74) is 3.11. The fraction of sp³-hybridized carbons (Fsp3) is 0.154. The van der Waals surface area contributed by atoms with Gasteiger partial charge in [-0.25, -0.2) is 0 Å². The van der Waals surface area contributed by atoms with Gasteiger partial charge in [-0.2, -0.15) is 5.26 Å². The van der Waals surface area contributed by atoms with Crippen LogP contribution < -0.4 is 5.32 Å². The summed E-state index contributed by atoms with van der Waals surface area (Å²) < 4.78 is 0. The molecule has 0 unspecified atom stereocenters. The Morgan fingerprint density at radius 1 is 1.31 bits per heavy atom. The lowest BCUT2D eigenvalue weighted by Gasteiger charge is -2.04. The van der Waals surface area contributed by atoms with Crippen molar-refractivity contribution in [2.45, 2.75) is 13.5 Å². The fourth-order valence-electron chi connectivity index (χ4n) is 1.39. The van der Waals surface area contributed by atoms with Crippen molar-refractivity contribution in [1.29, 1.82) is 5.26 Å². The molecule has 0 spiro atoms. The molecule has 1 aromatic carbocycles. The molecule has 1 aromatic heterocycles. The molecule has 0 bridgehead atoms. The predicted molar refractivity (Wildman–Crippen MR) is 67.5 cm³/mol. The Hall–Kier alpha value is -1.79. The standard InChI is InChI=1S/C13H12N2S/c1-10-2-4-12(5-3-10)15-8-13-6-11(7-14)9-16-13/h2-6,9,15H,8H2,1H3. The third-order valence-corrected chi connectivity index (χ3v) is 3.24. The summed E-state index contributed by atoms with van der Waals surface area (Å²) in [6, 6.07) is 12.3. The lowest BCUT2D eigenvalue weighted by molar-refractivity contribution is 1.19. The molecule has 2 nitrogen and oxygen atoms in total. The zero-order valence-corrected chi connectivity index (χ0v) is 9.84. The van der Waals surface area contributed by atoms with Gasteiger partial charge in [-0.15, -0.1) is 11.3 Å². The highest BCUT2D eigenvalue weighted by molar-refractivity contribution is 7.10. The Bertz CT molecular complexity index is 505. The molecule has 0 aliphatic heterocycles. The maximum Gasteiger partial charge on any atom is 0.100 e. The first kappa shape index (κ1) is 10.7. The molecule has 1 N–H and O–H groups in total. The van der Waals surface area contributed by atoms with E-state index in [0.29, 0.717) is 0 Å². The topological polar surface area (TPSA) is 35.8 Å². The average Bonchev–Trinajstić information content (AvgIpc) is 2.76. The van der Waals surface area contributed by atoms with Crippen LogP contribution in [-0.2, 0) is 6.54 Å². The minimum Gasteiger partial charge on any atom is -0.380 e. The lowest BCUT2D eigenvalue weighted by Crippen LogP contribution is -1.96. The van der Waals surface area contributed by atoms with E-state index in [0.717, 1.165) is 17.8 Å². The normalized spacial score (nSPS) is 9.75. The SMILES string of the molecule is Cc1ccc(NCc2cc(C#N)cs2)cc1. The molecule has 0 saturated heterocycles. The number of anilines is 1. The number of hydrogen-bond donors (Lipinski definition) is 1. The maximum atomic E-state index is 8.70. The second-order valence-electron chi connectivity index (χ2n) is 3.63. The Balaban J connectivity index is 1.97. The van der Waals surface area contributed by atoms with Crippen molar-refractivity contribution >= 4 is 17.0 Å². The lowest BCUT2D eigenvalue weighted by atomic mass is 10.2. The molecule has 0 atom stereocenters. The fourth-order valence-corrected chi connectivity index (χ4v) is 2.14.